The maximum atomic E-state index is 10.4. The zero-order valence-corrected chi connectivity index (χ0v) is 6.23. The van der Waals surface area contributed by atoms with Crippen molar-refractivity contribution >= 4 is 10.2 Å². The lowest BCUT2D eigenvalue weighted by atomic mass is 10.3. The molecule has 0 aromatic rings. The van der Waals surface area contributed by atoms with Crippen LogP contribution in [0, 0.1) is 0 Å². The topological polar surface area (TPSA) is 81.4 Å². The molecule has 0 aromatic carbocycles. The van der Waals surface area contributed by atoms with Gasteiger partial charge in [0.2, 0.25) is 0 Å². The molecular weight excluding hydrogens is 156 g/mol. The van der Waals surface area contributed by atoms with Gasteiger partial charge >= 0.3 is 0 Å². The first kappa shape index (κ1) is 7.93. The van der Waals surface area contributed by atoms with Crippen LogP contribution >= 0.6 is 0 Å². The van der Waals surface area contributed by atoms with Crippen molar-refractivity contribution in [1.29, 1.82) is 0 Å². The van der Waals surface area contributed by atoms with Crippen molar-refractivity contribution in [3.8, 4) is 0 Å². The van der Waals surface area contributed by atoms with E-state index >= 15 is 0 Å². The first-order chi connectivity index (χ1) is 4.58. The fraction of sp³-hybridized carbons (Fsp3) is 1.00. The molecule has 6 heteroatoms. The van der Waals surface area contributed by atoms with Gasteiger partial charge in [0.1, 0.15) is 6.23 Å². The summed E-state index contributed by atoms with van der Waals surface area (Å²) in [6.07, 6.45) is 1.18. The number of ether oxygens (including phenoxy) is 1. The molecule has 3 N–H and O–H groups in total. The minimum atomic E-state index is -3.58. The van der Waals surface area contributed by atoms with Gasteiger partial charge in [-0.05, 0) is 12.8 Å². The monoisotopic (exact) mass is 166 g/mol. The Morgan fingerprint density at radius 2 is 2.30 bits per heavy atom. The van der Waals surface area contributed by atoms with Gasteiger partial charge in [0.05, 0.1) is 0 Å². The first-order valence-corrected chi connectivity index (χ1v) is 4.54. The van der Waals surface area contributed by atoms with Gasteiger partial charge in [0, 0.05) is 6.61 Å². The van der Waals surface area contributed by atoms with E-state index in [0.717, 1.165) is 6.42 Å². The average Bonchev–Trinajstić information content (AvgIpc) is 2.12. The molecule has 1 fully saturated rings. The van der Waals surface area contributed by atoms with Crippen molar-refractivity contribution in [2.24, 2.45) is 5.14 Å². The van der Waals surface area contributed by atoms with Crippen molar-refractivity contribution in [2.45, 2.75) is 19.1 Å². The number of rotatable bonds is 2. The molecule has 60 valence electrons. The van der Waals surface area contributed by atoms with Crippen LogP contribution in [0.15, 0.2) is 0 Å². The average molecular weight is 166 g/mol. The minimum absolute atomic E-state index is 0.407. The largest absolute Gasteiger partial charge is 0.362 e. The molecule has 5 nitrogen and oxygen atoms in total. The van der Waals surface area contributed by atoms with Gasteiger partial charge in [-0.15, -0.1) is 0 Å². The van der Waals surface area contributed by atoms with E-state index in [1.807, 2.05) is 0 Å². The fourth-order valence-corrected chi connectivity index (χ4v) is 1.41. The number of hydrogen-bond donors (Lipinski definition) is 2. The minimum Gasteiger partial charge on any atom is -0.362 e. The smallest absolute Gasteiger partial charge is 0.276 e. The Morgan fingerprint density at radius 1 is 1.60 bits per heavy atom. The highest BCUT2D eigenvalue weighted by Gasteiger charge is 2.18. The molecule has 1 rings (SSSR count). The second kappa shape index (κ2) is 2.83. The summed E-state index contributed by atoms with van der Waals surface area (Å²) in [4.78, 5) is 0. The third-order valence-corrected chi connectivity index (χ3v) is 1.82. The Balaban J connectivity index is 2.38. The van der Waals surface area contributed by atoms with Crippen molar-refractivity contribution in [3.05, 3.63) is 0 Å². The molecule has 0 bridgehead atoms. The third kappa shape index (κ3) is 2.61. The predicted octanol–water partition coefficient (Wildman–Crippen LogP) is -1.08. The van der Waals surface area contributed by atoms with Crippen molar-refractivity contribution < 1.29 is 13.2 Å². The molecular formula is C4H10N2O3S. The second-order valence-corrected chi connectivity index (χ2v) is 3.49. The van der Waals surface area contributed by atoms with Crippen LogP contribution in [0.1, 0.15) is 12.8 Å². The Bertz CT molecular complexity index is 195. The molecule has 0 aliphatic carbocycles. The SMILES string of the molecule is NS(=O)(=O)N[C@H]1CCCO1. The summed E-state index contributed by atoms with van der Waals surface area (Å²) in [5.74, 6) is 0. The molecule has 1 heterocycles. The number of hydrogen-bond acceptors (Lipinski definition) is 3. The fourth-order valence-electron chi connectivity index (χ4n) is 0.854. The van der Waals surface area contributed by atoms with Gasteiger partial charge in [-0.2, -0.15) is 13.1 Å². The van der Waals surface area contributed by atoms with Crippen LogP contribution in [0.25, 0.3) is 0 Å². The number of nitrogens with one attached hydrogen (secondary N) is 1. The van der Waals surface area contributed by atoms with E-state index in [1.54, 1.807) is 0 Å². The molecule has 0 spiro atoms. The van der Waals surface area contributed by atoms with Crippen molar-refractivity contribution in [2.75, 3.05) is 6.61 Å². The van der Waals surface area contributed by atoms with Crippen LogP contribution in [-0.4, -0.2) is 21.3 Å². The van der Waals surface area contributed by atoms with Crippen LogP contribution in [0.4, 0.5) is 0 Å². The summed E-state index contributed by atoms with van der Waals surface area (Å²) in [5.41, 5.74) is 0. The highest BCUT2D eigenvalue weighted by atomic mass is 32.2. The number of nitrogens with two attached hydrogens (primary N) is 1. The Kier molecular flexibility index (Phi) is 2.24. The van der Waals surface area contributed by atoms with Crippen LogP contribution in [-0.2, 0) is 14.9 Å². The van der Waals surface area contributed by atoms with Crippen molar-refractivity contribution in [1.82, 2.24) is 4.72 Å². The standard InChI is InChI=1S/C4H10N2O3S/c5-10(7,8)6-4-2-1-3-9-4/h4,6H,1-3H2,(H2,5,7,8)/t4-/m1/s1. The van der Waals surface area contributed by atoms with Crippen LogP contribution in [0.2, 0.25) is 0 Å². The van der Waals surface area contributed by atoms with E-state index < -0.39 is 16.4 Å². The first-order valence-electron chi connectivity index (χ1n) is 2.99. The Morgan fingerprint density at radius 3 is 2.70 bits per heavy atom. The second-order valence-electron chi connectivity index (χ2n) is 2.16. The van der Waals surface area contributed by atoms with E-state index in [4.69, 9.17) is 9.88 Å². The molecule has 10 heavy (non-hydrogen) atoms. The molecule has 1 saturated heterocycles. The van der Waals surface area contributed by atoms with Gasteiger partial charge in [0.15, 0.2) is 0 Å². The van der Waals surface area contributed by atoms with Gasteiger partial charge in [-0.1, -0.05) is 0 Å². The summed E-state index contributed by atoms with van der Waals surface area (Å²) < 4.78 is 27.9. The predicted molar refractivity (Wildman–Crippen MR) is 35.2 cm³/mol. The highest BCUT2D eigenvalue weighted by molar-refractivity contribution is 7.87. The lowest BCUT2D eigenvalue weighted by molar-refractivity contribution is 0.103. The van der Waals surface area contributed by atoms with Crippen molar-refractivity contribution in [3.63, 3.8) is 0 Å². The molecule has 0 radical (unpaired) electrons. The molecule has 0 aromatic heterocycles. The third-order valence-electron chi connectivity index (χ3n) is 1.23. The van der Waals surface area contributed by atoms with E-state index in [0.29, 0.717) is 13.0 Å². The zero-order valence-electron chi connectivity index (χ0n) is 5.41. The summed E-state index contributed by atoms with van der Waals surface area (Å²) in [6, 6.07) is 0. The van der Waals surface area contributed by atoms with E-state index in [1.165, 1.54) is 0 Å². The summed E-state index contributed by atoms with van der Waals surface area (Å²) >= 11 is 0. The molecule has 1 atom stereocenters. The highest BCUT2D eigenvalue weighted by Crippen LogP contribution is 2.08. The van der Waals surface area contributed by atoms with Gasteiger partial charge in [-0.25, -0.2) is 5.14 Å². The maximum absolute atomic E-state index is 10.4. The van der Waals surface area contributed by atoms with E-state index in [2.05, 4.69) is 4.72 Å². The van der Waals surface area contributed by atoms with Gasteiger partial charge in [0.25, 0.3) is 10.2 Å². The van der Waals surface area contributed by atoms with Crippen LogP contribution in [0.5, 0.6) is 0 Å². The van der Waals surface area contributed by atoms with Crippen LogP contribution in [0.3, 0.4) is 0 Å². The Labute approximate surface area is 59.7 Å². The summed E-state index contributed by atoms with van der Waals surface area (Å²) in [6.45, 7) is 0.604. The van der Waals surface area contributed by atoms with Crippen LogP contribution < -0.4 is 9.86 Å². The molecule has 1 aliphatic heterocycles. The molecule has 0 amide bonds. The zero-order chi connectivity index (χ0) is 7.61. The van der Waals surface area contributed by atoms with E-state index in [-0.39, 0.29) is 0 Å². The van der Waals surface area contributed by atoms with Gasteiger partial charge in [-0.3, -0.25) is 0 Å². The molecule has 0 saturated carbocycles. The Hall–Kier alpha value is -0.170. The van der Waals surface area contributed by atoms with E-state index in [9.17, 15) is 8.42 Å². The lowest BCUT2D eigenvalue weighted by Crippen LogP contribution is -2.38. The molecule has 0 unspecified atom stereocenters. The summed E-state index contributed by atoms with van der Waals surface area (Å²) in [5, 5.41) is 4.70. The van der Waals surface area contributed by atoms with Gasteiger partial charge < -0.3 is 4.74 Å². The lowest BCUT2D eigenvalue weighted by Gasteiger charge is -2.07. The molecule has 1 aliphatic rings. The quantitative estimate of drug-likeness (QED) is 0.547. The maximum Gasteiger partial charge on any atom is 0.276 e. The normalized spacial score (nSPS) is 27.1. The summed E-state index contributed by atoms with van der Waals surface area (Å²) in [7, 11) is -3.58.